The minimum Gasteiger partial charge on any atom is -0.477 e. The number of rotatable bonds is 6. The molecule has 0 saturated heterocycles. The van der Waals surface area contributed by atoms with E-state index >= 15 is 0 Å². The molecule has 2 aromatic heterocycles. The molecule has 0 aliphatic carbocycles. The molecule has 51 heavy (non-hydrogen) atoms. The van der Waals surface area contributed by atoms with E-state index in [2.05, 4.69) is 36.2 Å². The topological polar surface area (TPSA) is 185 Å². The Hall–Kier alpha value is -3.92. The molecule has 8 bridgehead atoms. The fourth-order valence-corrected chi connectivity index (χ4v) is 8.07. The Morgan fingerprint density at radius 2 is 1.20 bits per heavy atom. The molecule has 5 heterocycles. The van der Waals surface area contributed by atoms with E-state index in [1.807, 2.05) is 55.4 Å². The SMILES string of the molecule is CCC(C)[C@@H]1NC(=O)c2csc(n2)C(C(C)C)NC(=O)[C@H]2N=C(O[C@@H]2C)[C@H](C(C)CC)NC(=O)c2csc(n2)C(C(C)C)NC(=O)[C@@H]2COC1=N2. The van der Waals surface area contributed by atoms with Crippen LogP contribution in [-0.2, 0) is 19.1 Å². The van der Waals surface area contributed by atoms with Crippen molar-refractivity contribution in [1.29, 1.82) is 0 Å². The molecule has 0 saturated carbocycles. The maximum absolute atomic E-state index is 13.8. The zero-order chi connectivity index (χ0) is 37.1. The molecule has 0 radical (unpaired) electrons. The first kappa shape index (κ1) is 38.3. The zero-order valence-corrected chi connectivity index (χ0v) is 32.3. The van der Waals surface area contributed by atoms with Crippen LogP contribution in [0.5, 0.6) is 0 Å². The molecule has 4 amide bonds. The van der Waals surface area contributed by atoms with Gasteiger partial charge in [0.05, 0.1) is 12.1 Å². The molecule has 0 aromatic carbocycles. The van der Waals surface area contributed by atoms with Crippen molar-refractivity contribution < 1.29 is 28.7 Å². The van der Waals surface area contributed by atoms with Crippen molar-refractivity contribution in [1.82, 2.24) is 31.2 Å². The van der Waals surface area contributed by atoms with Crippen LogP contribution in [0, 0.1) is 23.7 Å². The Bertz CT molecular complexity index is 1670. The number of nitrogens with one attached hydrogen (secondary N) is 4. The van der Waals surface area contributed by atoms with Crippen LogP contribution < -0.4 is 21.3 Å². The second-order valence-corrected chi connectivity index (χ2v) is 16.1. The average Bonchev–Trinajstić information content (AvgIpc) is 3.92. The maximum Gasteiger partial charge on any atom is 0.271 e. The third kappa shape index (κ3) is 8.43. The summed E-state index contributed by atoms with van der Waals surface area (Å²) >= 11 is 2.57. The van der Waals surface area contributed by atoms with Gasteiger partial charge in [-0.1, -0.05) is 68.2 Å². The number of thiazole rings is 2. The van der Waals surface area contributed by atoms with Crippen molar-refractivity contribution in [2.24, 2.45) is 33.7 Å². The van der Waals surface area contributed by atoms with Gasteiger partial charge in [0, 0.05) is 10.8 Å². The summed E-state index contributed by atoms with van der Waals surface area (Å²) in [6.45, 7) is 17.6. The number of aliphatic imine (C=N–C) groups is 2. The normalized spacial score (nSPS) is 28.7. The Morgan fingerprint density at radius 1 is 0.706 bits per heavy atom. The predicted molar refractivity (Wildman–Crippen MR) is 196 cm³/mol. The molecule has 4 N–H and O–H groups in total. The molecular weight excluding hydrogens is 693 g/mol. The van der Waals surface area contributed by atoms with Gasteiger partial charge in [-0.2, -0.15) is 0 Å². The summed E-state index contributed by atoms with van der Waals surface area (Å²) in [5.74, 6) is -1.15. The van der Waals surface area contributed by atoms with Crippen molar-refractivity contribution >= 4 is 58.1 Å². The van der Waals surface area contributed by atoms with Crippen molar-refractivity contribution in [3.63, 3.8) is 0 Å². The summed E-state index contributed by atoms with van der Waals surface area (Å²) in [6, 6.07) is -3.85. The molecule has 4 unspecified atom stereocenters. The summed E-state index contributed by atoms with van der Waals surface area (Å²) in [4.78, 5) is 73.2. The highest BCUT2D eigenvalue weighted by Crippen LogP contribution is 2.29. The maximum atomic E-state index is 13.8. The van der Waals surface area contributed by atoms with Gasteiger partial charge < -0.3 is 30.7 Å². The smallest absolute Gasteiger partial charge is 0.271 e. The lowest BCUT2D eigenvalue weighted by molar-refractivity contribution is -0.125. The molecule has 3 aliphatic heterocycles. The van der Waals surface area contributed by atoms with Gasteiger partial charge >= 0.3 is 0 Å². The number of hydrogen-bond acceptors (Lipinski definition) is 12. The van der Waals surface area contributed by atoms with Gasteiger partial charge in [0.1, 0.15) is 46.2 Å². The zero-order valence-electron chi connectivity index (χ0n) is 30.7. The third-order valence-electron chi connectivity index (χ3n) is 9.76. The molecule has 2 aromatic rings. The minimum absolute atomic E-state index is 0.0273. The van der Waals surface area contributed by atoms with Crippen molar-refractivity contribution in [3.8, 4) is 0 Å². The van der Waals surface area contributed by atoms with E-state index in [0.29, 0.717) is 16.4 Å². The molecule has 14 nitrogen and oxygen atoms in total. The van der Waals surface area contributed by atoms with E-state index in [9.17, 15) is 19.2 Å². The fourth-order valence-electron chi connectivity index (χ4n) is 6.03. The van der Waals surface area contributed by atoms with Crippen LogP contribution in [0.2, 0.25) is 0 Å². The lowest BCUT2D eigenvalue weighted by atomic mass is 9.98. The summed E-state index contributed by atoms with van der Waals surface area (Å²) in [6.07, 6.45) is 0.849. The van der Waals surface area contributed by atoms with E-state index in [1.54, 1.807) is 17.7 Å². The van der Waals surface area contributed by atoms with Gasteiger partial charge in [-0.15, -0.1) is 22.7 Å². The van der Waals surface area contributed by atoms with Gasteiger partial charge in [-0.3, -0.25) is 19.2 Å². The van der Waals surface area contributed by atoms with Gasteiger partial charge in [0.25, 0.3) is 11.8 Å². The molecule has 9 atom stereocenters. The monoisotopic (exact) mass is 742 g/mol. The number of carbonyl (C=O) groups excluding carboxylic acids is 4. The molecule has 16 heteroatoms. The van der Waals surface area contributed by atoms with Crippen molar-refractivity contribution in [3.05, 3.63) is 32.2 Å². The van der Waals surface area contributed by atoms with Gasteiger partial charge in [0.15, 0.2) is 12.1 Å². The number of nitrogens with zero attached hydrogens (tertiary/aromatic N) is 4. The van der Waals surface area contributed by atoms with Crippen LogP contribution in [-0.4, -0.2) is 82.3 Å². The van der Waals surface area contributed by atoms with E-state index in [0.717, 1.165) is 6.42 Å². The Morgan fingerprint density at radius 3 is 1.69 bits per heavy atom. The van der Waals surface area contributed by atoms with Crippen LogP contribution in [0.3, 0.4) is 0 Å². The van der Waals surface area contributed by atoms with Gasteiger partial charge in [0.2, 0.25) is 23.6 Å². The van der Waals surface area contributed by atoms with Crippen LogP contribution in [0.15, 0.2) is 20.7 Å². The molecular formula is C35H50N8O6S2. The van der Waals surface area contributed by atoms with Crippen LogP contribution in [0.4, 0.5) is 0 Å². The van der Waals surface area contributed by atoms with Crippen molar-refractivity contribution in [2.75, 3.05) is 6.61 Å². The quantitative estimate of drug-likeness (QED) is 0.339. The average molecular weight is 743 g/mol. The standard InChI is InChI=1S/C35H50N8O6S2/c1-10-17(7)25-32-36-20(12-48-32)28(44)39-23(15(3)4)34-37-22(14-50-34)30(46)42-26(18(8)11-2)33-43-27(19(9)49-33)31(47)40-24(16(5)6)35-38-21(13-51-35)29(45)41-25/h13-20,23-27H,10-12H2,1-9H3,(H,39,44)(H,40,47)(H,41,45)(H,42,46)/t17?,18?,19-,20+,23?,24?,25+,26+,27+/m1/s1. The highest BCUT2D eigenvalue weighted by molar-refractivity contribution is 7.10. The summed E-state index contributed by atoms with van der Waals surface area (Å²) in [7, 11) is 0. The highest BCUT2D eigenvalue weighted by atomic mass is 32.1. The minimum atomic E-state index is -0.855. The first-order valence-electron chi connectivity index (χ1n) is 17.8. The molecule has 3 aliphatic rings. The lowest BCUT2D eigenvalue weighted by Gasteiger charge is -2.24. The van der Waals surface area contributed by atoms with Crippen molar-refractivity contribution in [2.45, 2.75) is 118 Å². The third-order valence-corrected chi connectivity index (χ3v) is 11.6. The first-order chi connectivity index (χ1) is 24.2. The number of aromatic nitrogens is 2. The molecule has 0 fully saturated rings. The van der Waals surface area contributed by atoms with Crippen LogP contribution in [0.1, 0.15) is 118 Å². The molecule has 278 valence electrons. The fraction of sp³-hybridized carbons (Fsp3) is 0.657. The molecule has 0 spiro atoms. The van der Waals surface area contributed by atoms with E-state index in [1.165, 1.54) is 22.7 Å². The Balaban J connectivity index is 1.53. The first-order valence-corrected chi connectivity index (χ1v) is 19.6. The van der Waals surface area contributed by atoms with E-state index < -0.39 is 54.2 Å². The Kier molecular flexibility index (Phi) is 12.2. The predicted octanol–water partition coefficient (Wildman–Crippen LogP) is 4.21. The Labute approximate surface area is 307 Å². The van der Waals surface area contributed by atoms with E-state index in [-0.39, 0.29) is 65.3 Å². The number of amides is 4. The number of fused-ring (bicyclic) bond motifs is 6. The summed E-state index contributed by atoms with van der Waals surface area (Å²) in [5.41, 5.74) is 0.413. The second-order valence-electron chi connectivity index (χ2n) is 14.3. The van der Waals surface area contributed by atoms with Gasteiger partial charge in [-0.05, 0) is 30.6 Å². The largest absolute Gasteiger partial charge is 0.477 e. The number of carbonyl (C=O) groups is 4. The lowest BCUT2D eigenvalue weighted by Crippen LogP contribution is -2.45. The number of hydrogen-bond donors (Lipinski definition) is 4. The van der Waals surface area contributed by atoms with Crippen LogP contribution >= 0.6 is 22.7 Å². The number of ether oxygens (including phenoxy) is 2. The van der Waals surface area contributed by atoms with E-state index in [4.69, 9.17) is 14.5 Å². The highest BCUT2D eigenvalue weighted by Gasteiger charge is 2.40. The summed E-state index contributed by atoms with van der Waals surface area (Å²) in [5, 5.41) is 16.7. The molecule has 5 rings (SSSR count). The van der Waals surface area contributed by atoms with Crippen LogP contribution in [0.25, 0.3) is 0 Å². The summed E-state index contributed by atoms with van der Waals surface area (Å²) < 4.78 is 12.1. The second kappa shape index (κ2) is 16.2. The van der Waals surface area contributed by atoms with Gasteiger partial charge in [-0.25, -0.2) is 20.0 Å².